The van der Waals surface area contributed by atoms with Crippen molar-refractivity contribution in [2.24, 2.45) is 5.92 Å². The van der Waals surface area contributed by atoms with Crippen molar-refractivity contribution in [2.75, 3.05) is 0 Å². The van der Waals surface area contributed by atoms with Crippen molar-refractivity contribution >= 4 is 11.9 Å². The molecule has 0 bridgehead atoms. The van der Waals surface area contributed by atoms with E-state index in [4.69, 9.17) is 0 Å². The van der Waals surface area contributed by atoms with Crippen LogP contribution in [0, 0.1) is 5.92 Å². The first-order chi connectivity index (χ1) is 9.18. The largest absolute Gasteiger partial charge is 0.480 e. The minimum absolute atomic E-state index is 0.0185. The van der Waals surface area contributed by atoms with Gasteiger partial charge in [-0.25, -0.2) is 4.79 Å². The van der Waals surface area contributed by atoms with Gasteiger partial charge in [-0.15, -0.1) is 0 Å². The van der Waals surface area contributed by atoms with Gasteiger partial charge in [0.15, 0.2) is 0 Å². The average molecular weight is 263 g/mol. The number of nitrogens with zero attached hydrogens (tertiary/aromatic N) is 2. The van der Waals surface area contributed by atoms with Crippen LogP contribution in [0.5, 0.6) is 0 Å². The van der Waals surface area contributed by atoms with Gasteiger partial charge in [-0.05, 0) is 24.8 Å². The van der Waals surface area contributed by atoms with Crippen molar-refractivity contribution in [2.45, 2.75) is 38.1 Å². The highest BCUT2D eigenvalue weighted by Gasteiger charge is 2.30. The van der Waals surface area contributed by atoms with E-state index in [9.17, 15) is 14.7 Å². The number of carbonyl (C=O) groups excluding carboxylic acids is 1. The molecule has 1 amide bonds. The van der Waals surface area contributed by atoms with Gasteiger partial charge in [0.2, 0.25) is 0 Å². The minimum Gasteiger partial charge on any atom is -0.480 e. The monoisotopic (exact) mass is 263 g/mol. The number of carboxylic acid groups (broad SMARTS) is 1. The number of aliphatic carboxylic acids is 1. The molecule has 19 heavy (non-hydrogen) atoms. The highest BCUT2D eigenvalue weighted by molar-refractivity contribution is 5.96. The van der Waals surface area contributed by atoms with Gasteiger partial charge in [-0.3, -0.25) is 4.79 Å². The molecule has 2 rings (SSSR count). The Labute approximate surface area is 111 Å². The first-order valence-corrected chi connectivity index (χ1v) is 6.49. The summed E-state index contributed by atoms with van der Waals surface area (Å²) in [6.45, 7) is 0. The highest BCUT2D eigenvalue weighted by Crippen LogP contribution is 2.26. The van der Waals surface area contributed by atoms with Crippen LogP contribution in [0.15, 0.2) is 18.5 Å². The highest BCUT2D eigenvalue weighted by atomic mass is 16.4. The zero-order chi connectivity index (χ0) is 13.7. The molecule has 1 aromatic rings. The van der Waals surface area contributed by atoms with Crippen molar-refractivity contribution in [3.05, 3.63) is 24.0 Å². The molecule has 1 atom stereocenters. The molecular formula is C13H17N3O3. The van der Waals surface area contributed by atoms with Crippen LogP contribution in [-0.4, -0.2) is 33.2 Å². The first-order valence-electron chi connectivity index (χ1n) is 6.49. The molecule has 6 heteroatoms. The molecule has 0 aliphatic heterocycles. The molecule has 1 heterocycles. The lowest BCUT2D eigenvalue weighted by atomic mass is 9.84. The summed E-state index contributed by atoms with van der Waals surface area (Å²) in [5, 5.41) is 19.1. The summed E-state index contributed by atoms with van der Waals surface area (Å²) in [5.74, 6) is -1.36. The van der Waals surface area contributed by atoms with Gasteiger partial charge in [0.25, 0.3) is 5.91 Å². The number of aromatic nitrogens is 2. The van der Waals surface area contributed by atoms with Crippen molar-refractivity contribution < 1.29 is 14.7 Å². The van der Waals surface area contributed by atoms with Crippen LogP contribution in [0.1, 0.15) is 42.5 Å². The summed E-state index contributed by atoms with van der Waals surface area (Å²) in [6.07, 6.45) is 7.64. The van der Waals surface area contributed by atoms with Gasteiger partial charge in [-0.1, -0.05) is 19.3 Å². The van der Waals surface area contributed by atoms with Crippen LogP contribution < -0.4 is 5.32 Å². The minimum atomic E-state index is -0.970. The van der Waals surface area contributed by atoms with Crippen LogP contribution >= 0.6 is 0 Å². The Morgan fingerprint density at radius 1 is 1.26 bits per heavy atom. The van der Waals surface area contributed by atoms with E-state index in [1.165, 1.54) is 18.5 Å². The lowest BCUT2D eigenvalue weighted by molar-refractivity contribution is -0.141. The third-order valence-electron chi connectivity index (χ3n) is 3.52. The average Bonchev–Trinajstić information content (AvgIpc) is 2.46. The second kappa shape index (κ2) is 6.26. The fourth-order valence-electron chi connectivity index (χ4n) is 2.50. The van der Waals surface area contributed by atoms with E-state index in [2.05, 4.69) is 15.5 Å². The maximum atomic E-state index is 12.0. The molecule has 1 fully saturated rings. The molecule has 6 nitrogen and oxygen atoms in total. The van der Waals surface area contributed by atoms with Gasteiger partial charge < -0.3 is 10.4 Å². The van der Waals surface area contributed by atoms with E-state index in [-0.39, 0.29) is 5.92 Å². The molecule has 0 saturated heterocycles. The van der Waals surface area contributed by atoms with E-state index in [0.29, 0.717) is 5.56 Å². The summed E-state index contributed by atoms with van der Waals surface area (Å²) in [5.41, 5.74) is 0.331. The lowest BCUT2D eigenvalue weighted by Gasteiger charge is -2.27. The Morgan fingerprint density at radius 2 is 2.00 bits per heavy atom. The molecule has 1 aliphatic rings. The third kappa shape index (κ3) is 3.49. The smallest absolute Gasteiger partial charge is 0.326 e. The van der Waals surface area contributed by atoms with Crippen molar-refractivity contribution in [3.63, 3.8) is 0 Å². The van der Waals surface area contributed by atoms with Gasteiger partial charge in [0.1, 0.15) is 6.04 Å². The first kappa shape index (κ1) is 13.5. The van der Waals surface area contributed by atoms with Crippen LogP contribution in [0.4, 0.5) is 0 Å². The van der Waals surface area contributed by atoms with Crippen molar-refractivity contribution in [1.82, 2.24) is 15.5 Å². The van der Waals surface area contributed by atoms with E-state index < -0.39 is 17.9 Å². The Hall–Kier alpha value is -1.98. The van der Waals surface area contributed by atoms with E-state index in [1.807, 2.05) is 0 Å². The van der Waals surface area contributed by atoms with E-state index >= 15 is 0 Å². The second-order valence-electron chi connectivity index (χ2n) is 4.82. The lowest BCUT2D eigenvalue weighted by Crippen LogP contribution is -2.46. The molecular weight excluding hydrogens is 246 g/mol. The van der Waals surface area contributed by atoms with Crippen LogP contribution in [0.3, 0.4) is 0 Å². The van der Waals surface area contributed by atoms with Crippen molar-refractivity contribution in [1.29, 1.82) is 0 Å². The molecule has 0 spiro atoms. The second-order valence-corrected chi connectivity index (χ2v) is 4.82. The van der Waals surface area contributed by atoms with Crippen LogP contribution in [0.25, 0.3) is 0 Å². The Balaban J connectivity index is 2.04. The van der Waals surface area contributed by atoms with Crippen LogP contribution in [0.2, 0.25) is 0 Å². The fourth-order valence-corrected chi connectivity index (χ4v) is 2.50. The summed E-state index contributed by atoms with van der Waals surface area (Å²) in [6, 6.07) is 0.697. The summed E-state index contributed by atoms with van der Waals surface area (Å²) in [4.78, 5) is 23.3. The zero-order valence-electron chi connectivity index (χ0n) is 10.6. The van der Waals surface area contributed by atoms with Crippen LogP contribution in [-0.2, 0) is 4.79 Å². The number of amides is 1. The predicted octanol–water partition coefficient (Wildman–Crippen LogP) is 1.24. The maximum absolute atomic E-state index is 12.0. The summed E-state index contributed by atoms with van der Waals surface area (Å²) >= 11 is 0. The maximum Gasteiger partial charge on any atom is 0.326 e. The number of rotatable bonds is 4. The Bertz CT molecular complexity index is 444. The van der Waals surface area contributed by atoms with E-state index in [1.54, 1.807) is 0 Å². The molecule has 0 aromatic carbocycles. The Kier molecular flexibility index (Phi) is 4.43. The van der Waals surface area contributed by atoms with Gasteiger partial charge in [0, 0.05) is 0 Å². The molecule has 2 N–H and O–H groups in total. The normalized spacial score (nSPS) is 17.7. The Morgan fingerprint density at radius 3 is 2.58 bits per heavy atom. The van der Waals surface area contributed by atoms with Gasteiger partial charge >= 0.3 is 5.97 Å². The van der Waals surface area contributed by atoms with E-state index in [0.717, 1.165) is 32.1 Å². The summed E-state index contributed by atoms with van der Waals surface area (Å²) < 4.78 is 0. The molecule has 0 radical (unpaired) electrons. The molecule has 1 aliphatic carbocycles. The SMILES string of the molecule is O=C(NC(C(=O)O)C1CCCCC1)c1ccnnc1. The fraction of sp³-hybridized carbons (Fsp3) is 0.538. The van der Waals surface area contributed by atoms with Gasteiger partial charge in [0.05, 0.1) is 18.0 Å². The quantitative estimate of drug-likeness (QED) is 0.852. The molecule has 102 valence electrons. The predicted molar refractivity (Wildman–Crippen MR) is 67.5 cm³/mol. The number of carbonyl (C=O) groups is 2. The number of carboxylic acids is 1. The standard InChI is InChI=1S/C13H17N3O3/c17-12(10-6-7-14-15-8-10)16-11(13(18)19)9-4-2-1-3-5-9/h6-9,11H,1-5H2,(H,16,17)(H,18,19). The number of hydrogen-bond acceptors (Lipinski definition) is 4. The summed E-state index contributed by atoms with van der Waals surface area (Å²) in [7, 11) is 0. The molecule has 1 unspecified atom stereocenters. The molecule has 1 aromatic heterocycles. The zero-order valence-corrected chi connectivity index (χ0v) is 10.6. The number of hydrogen-bond donors (Lipinski definition) is 2. The number of nitrogens with one attached hydrogen (secondary N) is 1. The molecule has 1 saturated carbocycles. The van der Waals surface area contributed by atoms with Crippen molar-refractivity contribution in [3.8, 4) is 0 Å². The topological polar surface area (TPSA) is 92.2 Å². The van der Waals surface area contributed by atoms with Gasteiger partial charge in [-0.2, -0.15) is 10.2 Å². The third-order valence-corrected chi connectivity index (χ3v) is 3.52.